The first-order chi connectivity index (χ1) is 12.0. The first-order valence-electron chi connectivity index (χ1n) is 9.00. The molecule has 132 valence electrons. The van der Waals surface area contributed by atoms with E-state index in [9.17, 15) is 9.90 Å². The SMILES string of the molecule is Cc1cc(-c2ccc(C(=O)N[C@H]3CCCC[C@@H]3O)cc2)nc(C)c1C. The molecule has 1 heterocycles. The van der Waals surface area contributed by atoms with Crippen LogP contribution in [0.25, 0.3) is 11.3 Å². The summed E-state index contributed by atoms with van der Waals surface area (Å²) in [6.07, 6.45) is 3.27. The molecule has 2 N–H and O–H groups in total. The van der Waals surface area contributed by atoms with E-state index < -0.39 is 6.10 Å². The van der Waals surface area contributed by atoms with Crippen molar-refractivity contribution in [1.82, 2.24) is 10.3 Å². The van der Waals surface area contributed by atoms with Crippen LogP contribution in [0.1, 0.15) is 52.9 Å². The van der Waals surface area contributed by atoms with Crippen LogP contribution in [0.3, 0.4) is 0 Å². The van der Waals surface area contributed by atoms with Gasteiger partial charge in [-0.3, -0.25) is 9.78 Å². The summed E-state index contributed by atoms with van der Waals surface area (Å²) in [6, 6.07) is 9.46. The van der Waals surface area contributed by atoms with Gasteiger partial charge in [0.15, 0.2) is 0 Å². The van der Waals surface area contributed by atoms with Gasteiger partial charge in [0.05, 0.1) is 17.8 Å². The summed E-state index contributed by atoms with van der Waals surface area (Å²) in [5, 5.41) is 13.0. The minimum atomic E-state index is -0.431. The fraction of sp³-hybridized carbons (Fsp3) is 0.429. The minimum Gasteiger partial charge on any atom is -0.391 e. The van der Waals surface area contributed by atoms with Crippen LogP contribution in [0.5, 0.6) is 0 Å². The second-order valence-corrected chi connectivity index (χ2v) is 7.04. The molecule has 3 rings (SSSR count). The number of aryl methyl sites for hydroxylation is 2. The molecule has 0 saturated heterocycles. The first-order valence-corrected chi connectivity index (χ1v) is 9.00. The Kier molecular flexibility index (Phi) is 5.19. The highest BCUT2D eigenvalue weighted by molar-refractivity contribution is 5.94. The third-order valence-electron chi connectivity index (χ3n) is 5.26. The molecule has 1 saturated carbocycles. The lowest BCUT2D eigenvalue weighted by atomic mass is 9.92. The van der Waals surface area contributed by atoms with Gasteiger partial charge in [-0.2, -0.15) is 0 Å². The Morgan fingerprint density at radius 1 is 1.12 bits per heavy atom. The highest BCUT2D eigenvalue weighted by Gasteiger charge is 2.24. The van der Waals surface area contributed by atoms with Crippen LogP contribution in [0.2, 0.25) is 0 Å². The number of aliphatic hydroxyl groups excluding tert-OH is 1. The van der Waals surface area contributed by atoms with Crippen LogP contribution in [0.15, 0.2) is 30.3 Å². The number of hydrogen-bond acceptors (Lipinski definition) is 3. The highest BCUT2D eigenvalue weighted by Crippen LogP contribution is 2.23. The lowest BCUT2D eigenvalue weighted by molar-refractivity contribution is 0.0717. The van der Waals surface area contributed by atoms with Crippen molar-refractivity contribution >= 4 is 5.91 Å². The fourth-order valence-electron chi connectivity index (χ4n) is 3.37. The zero-order chi connectivity index (χ0) is 18.0. The number of aromatic nitrogens is 1. The summed E-state index contributed by atoms with van der Waals surface area (Å²) < 4.78 is 0. The summed E-state index contributed by atoms with van der Waals surface area (Å²) in [5.74, 6) is -0.123. The molecule has 4 heteroatoms. The molecule has 2 aromatic rings. The van der Waals surface area contributed by atoms with Crippen molar-refractivity contribution in [3.63, 3.8) is 0 Å². The van der Waals surface area contributed by atoms with Crippen LogP contribution >= 0.6 is 0 Å². The largest absolute Gasteiger partial charge is 0.391 e. The molecule has 1 fully saturated rings. The normalized spacial score (nSPS) is 20.3. The molecule has 0 unspecified atom stereocenters. The molecule has 25 heavy (non-hydrogen) atoms. The second-order valence-electron chi connectivity index (χ2n) is 7.04. The van der Waals surface area contributed by atoms with E-state index in [-0.39, 0.29) is 11.9 Å². The summed E-state index contributed by atoms with van der Waals surface area (Å²) >= 11 is 0. The van der Waals surface area contributed by atoms with Crippen molar-refractivity contribution in [3.8, 4) is 11.3 Å². The number of carbonyl (C=O) groups is 1. The van der Waals surface area contributed by atoms with Crippen LogP contribution < -0.4 is 5.32 Å². The predicted octanol–water partition coefficient (Wildman–Crippen LogP) is 3.71. The summed E-state index contributed by atoms with van der Waals surface area (Å²) in [6.45, 7) is 6.18. The Balaban J connectivity index is 1.74. The molecule has 4 nitrogen and oxygen atoms in total. The van der Waals surface area contributed by atoms with E-state index in [1.807, 2.05) is 31.2 Å². The maximum atomic E-state index is 12.4. The lowest BCUT2D eigenvalue weighted by Crippen LogP contribution is -2.45. The van der Waals surface area contributed by atoms with Crippen molar-refractivity contribution in [2.45, 2.75) is 58.6 Å². The van der Waals surface area contributed by atoms with Gasteiger partial charge in [0.1, 0.15) is 0 Å². The van der Waals surface area contributed by atoms with Gasteiger partial charge in [-0.05, 0) is 62.9 Å². The van der Waals surface area contributed by atoms with Crippen LogP contribution in [0, 0.1) is 20.8 Å². The third-order valence-corrected chi connectivity index (χ3v) is 5.26. The number of aliphatic hydroxyl groups is 1. The predicted molar refractivity (Wildman–Crippen MR) is 99.6 cm³/mol. The van der Waals surface area contributed by atoms with E-state index in [0.29, 0.717) is 5.56 Å². The van der Waals surface area contributed by atoms with Gasteiger partial charge in [0, 0.05) is 16.8 Å². The standard InChI is InChI=1S/C21H26N2O2/c1-13-12-19(22-15(3)14(13)2)16-8-10-17(11-9-16)21(25)23-18-6-4-5-7-20(18)24/h8-12,18,20,24H,4-7H2,1-3H3,(H,23,25)/t18-,20-/m0/s1. The summed E-state index contributed by atoms with van der Waals surface area (Å²) in [4.78, 5) is 17.1. The van der Waals surface area contributed by atoms with Crippen molar-refractivity contribution in [2.24, 2.45) is 0 Å². The number of amides is 1. The van der Waals surface area contributed by atoms with Crippen LogP contribution in [-0.4, -0.2) is 28.1 Å². The Morgan fingerprint density at radius 3 is 2.44 bits per heavy atom. The number of hydrogen-bond donors (Lipinski definition) is 2. The number of carbonyl (C=O) groups excluding carboxylic acids is 1. The molecule has 1 aliphatic rings. The topological polar surface area (TPSA) is 62.2 Å². The van der Waals surface area contributed by atoms with E-state index >= 15 is 0 Å². The Morgan fingerprint density at radius 2 is 1.80 bits per heavy atom. The monoisotopic (exact) mass is 338 g/mol. The summed E-state index contributed by atoms with van der Waals surface area (Å²) in [5.41, 5.74) is 6.00. The average molecular weight is 338 g/mol. The molecule has 0 aliphatic heterocycles. The van der Waals surface area contributed by atoms with E-state index in [2.05, 4.69) is 30.2 Å². The Hall–Kier alpha value is -2.20. The first kappa shape index (κ1) is 17.6. The maximum absolute atomic E-state index is 12.4. The molecule has 1 amide bonds. The quantitative estimate of drug-likeness (QED) is 0.897. The van der Waals surface area contributed by atoms with E-state index in [1.165, 1.54) is 11.1 Å². The molecule has 0 radical (unpaired) electrons. The molecule has 1 aromatic carbocycles. The van der Waals surface area contributed by atoms with Gasteiger partial charge in [0.25, 0.3) is 5.91 Å². The zero-order valence-corrected chi connectivity index (χ0v) is 15.2. The van der Waals surface area contributed by atoms with E-state index in [4.69, 9.17) is 0 Å². The Bertz CT molecular complexity index is 745. The molecular formula is C21H26N2O2. The molecular weight excluding hydrogens is 312 g/mol. The molecule has 1 aliphatic carbocycles. The van der Waals surface area contributed by atoms with Gasteiger partial charge in [-0.25, -0.2) is 0 Å². The number of nitrogens with one attached hydrogen (secondary N) is 1. The number of nitrogens with zero attached hydrogens (tertiary/aromatic N) is 1. The smallest absolute Gasteiger partial charge is 0.251 e. The fourth-order valence-corrected chi connectivity index (χ4v) is 3.37. The number of benzene rings is 1. The van der Waals surface area contributed by atoms with Crippen LogP contribution in [-0.2, 0) is 0 Å². The van der Waals surface area contributed by atoms with E-state index in [0.717, 1.165) is 42.6 Å². The molecule has 0 bridgehead atoms. The van der Waals surface area contributed by atoms with Crippen molar-refractivity contribution in [3.05, 3.63) is 52.7 Å². The minimum absolute atomic E-state index is 0.123. The van der Waals surface area contributed by atoms with Gasteiger partial charge in [0.2, 0.25) is 0 Å². The maximum Gasteiger partial charge on any atom is 0.251 e. The summed E-state index contributed by atoms with van der Waals surface area (Å²) in [7, 11) is 0. The van der Waals surface area contributed by atoms with Crippen molar-refractivity contribution < 1.29 is 9.90 Å². The van der Waals surface area contributed by atoms with Crippen molar-refractivity contribution in [2.75, 3.05) is 0 Å². The van der Waals surface area contributed by atoms with Crippen molar-refractivity contribution in [1.29, 1.82) is 0 Å². The molecule has 1 aromatic heterocycles. The molecule has 0 spiro atoms. The average Bonchev–Trinajstić information content (AvgIpc) is 2.61. The van der Waals surface area contributed by atoms with Gasteiger partial charge in [-0.1, -0.05) is 25.0 Å². The zero-order valence-electron chi connectivity index (χ0n) is 15.2. The van der Waals surface area contributed by atoms with Gasteiger partial charge < -0.3 is 10.4 Å². The number of pyridine rings is 1. The third kappa shape index (κ3) is 3.90. The lowest BCUT2D eigenvalue weighted by Gasteiger charge is -2.28. The van der Waals surface area contributed by atoms with Gasteiger partial charge in [-0.15, -0.1) is 0 Å². The highest BCUT2D eigenvalue weighted by atomic mass is 16.3. The number of rotatable bonds is 3. The molecule has 2 atom stereocenters. The van der Waals surface area contributed by atoms with E-state index in [1.54, 1.807) is 0 Å². The Labute approximate surface area is 149 Å². The second kappa shape index (κ2) is 7.36. The van der Waals surface area contributed by atoms with Crippen LogP contribution in [0.4, 0.5) is 0 Å². The van der Waals surface area contributed by atoms with Gasteiger partial charge >= 0.3 is 0 Å².